The van der Waals surface area contributed by atoms with Gasteiger partial charge in [-0.3, -0.25) is 0 Å². The second-order valence-electron chi connectivity index (χ2n) is 6.68. The lowest BCUT2D eigenvalue weighted by Gasteiger charge is -2.13. The van der Waals surface area contributed by atoms with E-state index in [1.807, 2.05) is 13.0 Å². The summed E-state index contributed by atoms with van der Waals surface area (Å²) in [6.45, 7) is 1.89. The highest BCUT2D eigenvalue weighted by Crippen LogP contribution is 2.26. The van der Waals surface area contributed by atoms with E-state index in [2.05, 4.69) is 15.3 Å². The maximum atomic E-state index is 14.1. The summed E-state index contributed by atoms with van der Waals surface area (Å²) in [4.78, 5) is 9.21. The lowest BCUT2D eigenvalue weighted by molar-refractivity contribution is 0.594. The Balaban J connectivity index is 1.79. The molecule has 1 aromatic heterocycles. The Hall–Kier alpha value is -3.32. The summed E-state index contributed by atoms with van der Waals surface area (Å²) in [5.74, 6) is -0.607. The number of sulfone groups is 1. The molecule has 4 aromatic rings. The highest BCUT2D eigenvalue weighted by atomic mass is 32.2. The van der Waals surface area contributed by atoms with E-state index in [0.717, 1.165) is 5.56 Å². The molecule has 7 heteroatoms. The third-order valence-corrected chi connectivity index (χ3v) is 6.12. The van der Waals surface area contributed by atoms with Gasteiger partial charge in [0.1, 0.15) is 11.6 Å². The van der Waals surface area contributed by atoms with Crippen molar-refractivity contribution < 1.29 is 12.8 Å². The highest BCUT2D eigenvalue weighted by Gasteiger charge is 2.21. The number of aromatic nitrogens is 2. The van der Waals surface area contributed by atoms with Gasteiger partial charge in [-0.1, -0.05) is 42.0 Å². The molecule has 0 saturated carbocycles. The Morgan fingerprint density at radius 2 is 1.48 bits per heavy atom. The van der Waals surface area contributed by atoms with Crippen LogP contribution in [0.25, 0.3) is 11.0 Å². The summed E-state index contributed by atoms with van der Waals surface area (Å²) in [6, 6.07) is 19.9. The first kappa shape index (κ1) is 19.0. The maximum absolute atomic E-state index is 14.1. The first-order valence-corrected chi connectivity index (χ1v) is 10.6. The smallest absolute Gasteiger partial charge is 0.184 e. The summed E-state index contributed by atoms with van der Waals surface area (Å²) < 4.78 is 40.0. The largest absolute Gasteiger partial charge is 0.336 e. The minimum Gasteiger partial charge on any atom is -0.336 e. The van der Waals surface area contributed by atoms with E-state index in [1.165, 1.54) is 6.07 Å². The lowest BCUT2D eigenvalue weighted by Crippen LogP contribution is -2.11. The molecule has 0 bridgehead atoms. The van der Waals surface area contributed by atoms with Crippen LogP contribution in [0.3, 0.4) is 0 Å². The van der Waals surface area contributed by atoms with Gasteiger partial charge in [-0.2, -0.15) is 0 Å². The SMILES string of the molecule is Cc1ccc(S(=O)(=O)Cc2nc3ccccc3nc2Nc2ccccc2F)cc1. The topological polar surface area (TPSA) is 72.0 Å². The molecule has 0 aliphatic carbocycles. The Kier molecular flexibility index (Phi) is 4.98. The van der Waals surface area contributed by atoms with Crippen LogP contribution in [0.2, 0.25) is 0 Å². The average molecular weight is 407 g/mol. The average Bonchev–Trinajstić information content (AvgIpc) is 2.70. The monoisotopic (exact) mass is 407 g/mol. The van der Waals surface area contributed by atoms with Crippen molar-refractivity contribution in [3.63, 3.8) is 0 Å². The number of halogens is 1. The summed E-state index contributed by atoms with van der Waals surface area (Å²) in [6.07, 6.45) is 0. The van der Waals surface area contributed by atoms with Crippen LogP contribution >= 0.6 is 0 Å². The predicted molar refractivity (Wildman–Crippen MR) is 111 cm³/mol. The number of benzene rings is 3. The standard InChI is InChI=1S/C22H18FN3O2S/c1-15-10-12-16(13-11-15)29(27,28)14-21-22(25-18-7-3-2-6-17(18)23)26-20-9-5-4-8-19(20)24-21/h2-13H,14H2,1H3,(H,25,26). The van der Waals surface area contributed by atoms with Crippen molar-refractivity contribution in [3.8, 4) is 0 Å². The normalized spacial score (nSPS) is 11.5. The Morgan fingerprint density at radius 3 is 2.17 bits per heavy atom. The number of fused-ring (bicyclic) bond motifs is 1. The Labute approximate surface area is 168 Å². The van der Waals surface area contributed by atoms with E-state index in [0.29, 0.717) is 11.0 Å². The molecule has 0 amide bonds. The first-order valence-electron chi connectivity index (χ1n) is 8.99. The quantitative estimate of drug-likeness (QED) is 0.515. The molecular formula is C22H18FN3O2S. The van der Waals surface area contributed by atoms with Crippen LogP contribution in [-0.2, 0) is 15.6 Å². The van der Waals surface area contributed by atoms with Crippen LogP contribution < -0.4 is 5.32 Å². The number of nitrogens with one attached hydrogen (secondary N) is 1. The van der Waals surface area contributed by atoms with Crippen molar-refractivity contribution >= 4 is 32.4 Å². The second kappa shape index (κ2) is 7.60. The van der Waals surface area contributed by atoms with Gasteiger partial charge < -0.3 is 5.32 Å². The van der Waals surface area contributed by atoms with Crippen molar-refractivity contribution in [3.05, 3.63) is 89.9 Å². The molecule has 1 N–H and O–H groups in total. The number of anilines is 2. The van der Waals surface area contributed by atoms with E-state index >= 15 is 0 Å². The van der Waals surface area contributed by atoms with E-state index in [-0.39, 0.29) is 27.8 Å². The molecule has 0 spiro atoms. The van der Waals surface area contributed by atoms with Crippen molar-refractivity contribution in [1.82, 2.24) is 9.97 Å². The van der Waals surface area contributed by atoms with Gasteiger partial charge in [0.15, 0.2) is 15.7 Å². The fraction of sp³-hybridized carbons (Fsp3) is 0.0909. The minimum atomic E-state index is -3.66. The number of nitrogens with zero attached hydrogens (tertiary/aromatic N) is 2. The van der Waals surface area contributed by atoms with E-state index in [4.69, 9.17) is 0 Å². The van der Waals surface area contributed by atoms with Crippen LogP contribution in [0.1, 0.15) is 11.3 Å². The molecule has 29 heavy (non-hydrogen) atoms. The van der Waals surface area contributed by atoms with Gasteiger partial charge >= 0.3 is 0 Å². The lowest BCUT2D eigenvalue weighted by atomic mass is 10.2. The molecule has 0 aliphatic rings. The second-order valence-corrected chi connectivity index (χ2v) is 8.67. The molecule has 0 fully saturated rings. The first-order chi connectivity index (χ1) is 13.9. The molecule has 0 unspecified atom stereocenters. The Bertz CT molecular complexity index is 1290. The van der Waals surface area contributed by atoms with E-state index in [9.17, 15) is 12.8 Å². The van der Waals surface area contributed by atoms with Crippen molar-refractivity contribution in [2.24, 2.45) is 0 Å². The van der Waals surface area contributed by atoms with Crippen LogP contribution in [0.5, 0.6) is 0 Å². The van der Waals surface area contributed by atoms with E-state index in [1.54, 1.807) is 60.7 Å². The fourth-order valence-electron chi connectivity index (χ4n) is 2.94. The Morgan fingerprint density at radius 1 is 0.862 bits per heavy atom. The summed E-state index contributed by atoms with van der Waals surface area (Å²) in [5.41, 5.74) is 2.55. The zero-order valence-electron chi connectivity index (χ0n) is 15.6. The van der Waals surface area contributed by atoms with Crippen LogP contribution in [0.15, 0.2) is 77.7 Å². The van der Waals surface area contributed by atoms with Crippen molar-refractivity contribution in [2.45, 2.75) is 17.6 Å². The zero-order chi connectivity index (χ0) is 20.4. The molecular weight excluding hydrogens is 389 g/mol. The molecule has 3 aromatic carbocycles. The number of para-hydroxylation sites is 3. The predicted octanol–water partition coefficient (Wildman–Crippen LogP) is 4.79. The number of aryl methyl sites for hydroxylation is 1. The summed E-state index contributed by atoms with van der Waals surface area (Å²) >= 11 is 0. The number of hydrogen-bond acceptors (Lipinski definition) is 5. The van der Waals surface area contributed by atoms with Crippen molar-refractivity contribution in [2.75, 3.05) is 5.32 Å². The van der Waals surface area contributed by atoms with Gasteiger partial charge in [-0.05, 0) is 43.3 Å². The van der Waals surface area contributed by atoms with Gasteiger partial charge in [-0.25, -0.2) is 22.8 Å². The summed E-state index contributed by atoms with van der Waals surface area (Å²) in [5, 5.41) is 2.90. The molecule has 0 saturated heterocycles. The molecule has 5 nitrogen and oxygen atoms in total. The zero-order valence-corrected chi connectivity index (χ0v) is 16.4. The van der Waals surface area contributed by atoms with Gasteiger partial charge in [0.2, 0.25) is 0 Å². The van der Waals surface area contributed by atoms with Crippen LogP contribution in [-0.4, -0.2) is 18.4 Å². The fourth-order valence-corrected chi connectivity index (χ4v) is 4.22. The van der Waals surface area contributed by atoms with Gasteiger partial charge in [0.25, 0.3) is 0 Å². The third kappa shape index (κ3) is 4.09. The van der Waals surface area contributed by atoms with E-state index < -0.39 is 15.7 Å². The maximum Gasteiger partial charge on any atom is 0.184 e. The number of rotatable bonds is 5. The van der Waals surface area contributed by atoms with Crippen LogP contribution in [0.4, 0.5) is 15.9 Å². The van der Waals surface area contributed by atoms with Gasteiger partial charge in [-0.15, -0.1) is 0 Å². The molecule has 4 rings (SSSR count). The molecule has 0 radical (unpaired) electrons. The van der Waals surface area contributed by atoms with Gasteiger partial charge in [0, 0.05) is 0 Å². The third-order valence-electron chi connectivity index (χ3n) is 4.48. The van der Waals surface area contributed by atoms with Gasteiger partial charge in [0.05, 0.1) is 27.3 Å². The molecule has 0 aliphatic heterocycles. The van der Waals surface area contributed by atoms with Crippen molar-refractivity contribution in [1.29, 1.82) is 0 Å². The minimum absolute atomic E-state index is 0.200. The van der Waals surface area contributed by atoms with Crippen LogP contribution in [0, 0.1) is 12.7 Å². The summed E-state index contributed by atoms with van der Waals surface area (Å²) in [7, 11) is -3.66. The highest BCUT2D eigenvalue weighted by molar-refractivity contribution is 7.90. The molecule has 1 heterocycles. The molecule has 0 atom stereocenters. The molecule has 146 valence electrons. The number of hydrogen-bond donors (Lipinski definition) is 1.